The second-order valence-electron chi connectivity index (χ2n) is 7.84. The molecule has 0 unspecified atom stereocenters. The van der Waals surface area contributed by atoms with Gasteiger partial charge in [-0.3, -0.25) is 14.5 Å². The SMILES string of the molecule is COCCCN1C(=O)/C(=C/c2ccc(OCC(=O)Nc3c(C)cc(Br)cc3C)c(OC)c2)SC1=S. The van der Waals surface area contributed by atoms with E-state index >= 15 is 0 Å². The maximum Gasteiger partial charge on any atom is 0.266 e. The standard InChI is InChI=1S/C25H27BrN2O5S2/c1-15-10-18(26)11-16(2)23(15)27-22(29)14-33-19-7-6-17(12-20(19)32-4)13-21-24(30)28(25(34)35-21)8-5-9-31-3/h6-7,10-13H,5,8-9,14H2,1-4H3,(H,27,29)/b21-13-. The van der Waals surface area contributed by atoms with E-state index in [1.54, 1.807) is 36.3 Å². The van der Waals surface area contributed by atoms with Crippen molar-refractivity contribution in [3.05, 3.63) is 56.4 Å². The van der Waals surface area contributed by atoms with Crippen molar-refractivity contribution in [3.63, 3.8) is 0 Å². The monoisotopic (exact) mass is 578 g/mol. The number of anilines is 1. The molecule has 2 aromatic carbocycles. The van der Waals surface area contributed by atoms with Crippen molar-refractivity contribution >= 4 is 67.8 Å². The summed E-state index contributed by atoms with van der Waals surface area (Å²) in [5.74, 6) is 0.488. The van der Waals surface area contributed by atoms with Crippen LogP contribution in [-0.2, 0) is 14.3 Å². The molecule has 1 heterocycles. The Labute approximate surface area is 223 Å². The molecular formula is C25H27BrN2O5S2. The first-order chi connectivity index (χ1) is 16.7. The minimum absolute atomic E-state index is 0.120. The lowest BCUT2D eigenvalue weighted by Crippen LogP contribution is -2.29. The summed E-state index contributed by atoms with van der Waals surface area (Å²) < 4.78 is 17.7. The molecule has 1 N–H and O–H groups in total. The van der Waals surface area contributed by atoms with Crippen LogP contribution >= 0.6 is 39.9 Å². The number of halogens is 1. The number of thiocarbonyl (C=S) groups is 1. The van der Waals surface area contributed by atoms with E-state index in [4.69, 9.17) is 26.4 Å². The lowest BCUT2D eigenvalue weighted by atomic mass is 10.1. The number of carbonyl (C=O) groups excluding carboxylic acids is 2. The minimum Gasteiger partial charge on any atom is -0.493 e. The Kier molecular flexibility index (Phi) is 9.73. The highest BCUT2D eigenvalue weighted by Gasteiger charge is 2.31. The second kappa shape index (κ2) is 12.5. The van der Waals surface area contributed by atoms with Crippen LogP contribution in [0.2, 0.25) is 0 Å². The number of nitrogens with zero attached hydrogens (tertiary/aromatic N) is 1. The fourth-order valence-corrected chi connectivity index (χ4v) is 5.53. The summed E-state index contributed by atoms with van der Waals surface area (Å²) in [6.45, 7) is 4.78. The molecule has 1 aliphatic rings. The number of amides is 2. The molecule has 35 heavy (non-hydrogen) atoms. The maximum absolute atomic E-state index is 12.7. The zero-order valence-electron chi connectivity index (χ0n) is 20.0. The Bertz CT molecular complexity index is 1150. The molecule has 1 aliphatic heterocycles. The fourth-order valence-electron chi connectivity index (χ4n) is 3.53. The van der Waals surface area contributed by atoms with Gasteiger partial charge in [-0.25, -0.2) is 0 Å². The van der Waals surface area contributed by atoms with Crippen LogP contribution in [0.1, 0.15) is 23.1 Å². The molecular weight excluding hydrogens is 552 g/mol. The third-order valence-electron chi connectivity index (χ3n) is 5.21. The Morgan fingerprint density at radius 2 is 1.89 bits per heavy atom. The van der Waals surface area contributed by atoms with Crippen LogP contribution in [0.5, 0.6) is 11.5 Å². The van der Waals surface area contributed by atoms with Crippen LogP contribution < -0.4 is 14.8 Å². The van der Waals surface area contributed by atoms with E-state index < -0.39 is 0 Å². The molecule has 0 aliphatic carbocycles. The molecule has 7 nitrogen and oxygen atoms in total. The van der Waals surface area contributed by atoms with E-state index in [0.717, 1.165) is 26.9 Å². The number of aryl methyl sites for hydroxylation is 2. The normalized spacial score (nSPS) is 14.5. The van der Waals surface area contributed by atoms with Crippen LogP contribution in [-0.4, -0.2) is 55.0 Å². The highest BCUT2D eigenvalue weighted by molar-refractivity contribution is 9.10. The van der Waals surface area contributed by atoms with Gasteiger partial charge in [-0.15, -0.1) is 0 Å². The molecule has 186 valence electrons. The number of hydrogen-bond donors (Lipinski definition) is 1. The summed E-state index contributed by atoms with van der Waals surface area (Å²) >= 11 is 10.1. The van der Waals surface area contributed by atoms with Crippen LogP contribution in [0, 0.1) is 13.8 Å². The molecule has 0 atom stereocenters. The first-order valence-corrected chi connectivity index (χ1v) is 12.9. The number of benzene rings is 2. The molecule has 0 bridgehead atoms. The van der Waals surface area contributed by atoms with E-state index in [2.05, 4.69) is 21.2 Å². The van der Waals surface area contributed by atoms with Crippen molar-refractivity contribution in [1.29, 1.82) is 0 Å². The number of thioether (sulfide) groups is 1. The molecule has 10 heteroatoms. The summed E-state index contributed by atoms with van der Waals surface area (Å²) in [5, 5.41) is 2.90. The fraction of sp³-hybridized carbons (Fsp3) is 0.320. The van der Waals surface area contributed by atoms with Crippen LogP contribution in [0.15, 0.2) is 39.7 Å². The van der Waals surface area contributed by atoms with Gasteiger partial charge in [-0.05, 0) is 67.3 Å². The van der Waals surface area contributed by atoms with E-state index in [0.29, 0.717) is 40.3 Å². The van der Waals surface area contributed by atoms with Crippen molar-refractivity contribution in [2.45, 2.75) is 20.3 Å². The number of carbonyl (C=O) groups is 2. The lowest BCUT2D eigenvalue weighted by molar-refractivity contribution is -0.122. The number of methoxy groups -OCH3 is 2. The predicted molar refractivity (Wildman–Crippen MR) is 147 cm³/mol. The molecule has 1 saturated heterocycles. The predicted octanol–water partition coefficient (Wildman–Crippen LogP) is 5.33. The molecule has 0 saturated carbocycles. The summed E-state index contributed by atoms with van der Waals surface area (Å²) in [4.78, 5) is 27.4. The third kappa shape index (κ3) is 7.07. The zero-order valence-corrected chi connectivity index (χ0v) is 23.2. The molecule has 0 aromatic heterocycles. The third-order valence-corrected chi connectivity index (χ3v) is 7.05. The summed E-state index contributed by atoms with van der Waals surface area (Å²) in [7, 11) is 3.15. The van der Waals surface area contributed by atoms with Gasteiger partial charge >= 0.3 is 0 Å². The highest BCUT2D eigenvalue weighted by Crippen LogP contribution is 2.35. The molecule has 3 rings (SSSR count). The molecule has 1 fully saturated rings. The quantitative estimate of drug-likeness (QED) is 0.232. The van der Waals surface area contributed by atoms with Gasteiger partial charge in [-0.1, -0.05) is 46.0 Å². The first kappa shape index (κ1) is 27.2. The lowest BCUT2D eigenvalue weighted by Gasteiger charge is -2.14. The van der Waals surface area contributed by atoms with Crippen LogP contribution in [0.4, 0.5) is 5.69 Å². The maximum atomic E-state index is 12.7. The van der Waals surface area contributed by atoms with E-state index in [1.165, 1.54) is 18.9 Å². The number of hydrogen-bond acceptors (Lipinski definition) is 7. The Morgan fingerprint density at radius 3 is 2.54 bits per heavy atom. The van der Waals surface area contributed by atoms with Crippen molar-refractivity contribution in [2.24, 2.45) is 0 Å². The molecule has 0 radical (unpaired) electrons. The van der Waals surface area contributed by atoms with Crippen LogP contribution in [0.3, 0.4) is 0 Å². The van der Waals surface area contributed by atoms with Gasteiger partial charge in [0, 0.05) is 30.4 Å². The van der Waals surface area contributed by atoms with Gasteiger partial charge in [0.25, 0.3) is 11.8 Å². The Balaban J connectivity index is 1.66. The molecule has 2 amide bonds. The van der Waals surface area contributed by atoms with Crippen molar-refractivity contribution < 1.29 is 23.8 Å². The first-order valence-electron chi connectivity index (χ1n) is 10.8. The van der Waals surface area contributed by atoms with Crippen molar-refractivity contribution in [1.82, 2.24) is 4.90 Å². The summed E-state index contributed by atoms with van der Waals surface area (Å²) in [6, 6.07) is 9.16. The van der Waals surface area contributed by atoms with Crippen LogP contribution in [0.25, 0.3) is 6.08 Å². The number of rotatable bonds is 10. The molecule has 2 aromatic rings. The minimum atomic E-state index is -0.276. The van der Waals surface area contributed by atoms with Crippen molar-refractivity contribution in [3.8, 4) is 11.5 Å². The van der Waals surface area contributed by atoms with E-state index in [9.17, 15) is 9.59 Å². The highest BCUT2D eigenvalue weighted by atomic mass is 79.9. The van der Waals surface area contributed by atoms with Gasteiger partial charge in [0.1, 0.15) is 4.32 Å². The zero-order chi connectivity index (χ0) is 25.5. The second-order valence-corrected chi connectivity index (χ2v) is 10.4. The van der Waals surface area contributed by atoms with Gasteiger partial charge in [0.15, 0.2) is 18.1 Å². The van der Waals surface area contributed by atoms with Gasteiger partial charge in [-0.2, -0.15) is 0 Å². The Morgan fingerprint density at radius 1 is 1.17 bits per heavy atom. The largest absolute Gasteiger partial charge is 0.493 e. The van der Waals surface area contributed by atoms with Crippen molar-refractivity contribution in [2.75, 3.05) is 39.3 Å². The summed E-state index contributed by atoms with van der Waals surface area (Å²) in [6.07, 6.45) is 2.48. The van der Waals surface area contributed by atoms with Gasteiger partial charge in [0.05, 0.1) is 12.0 Å². The van der Waals surface area contributed by atoms with Gasteiger partial charge < -0.3 is 19.5 Å². The topological polar surface area (TPSA) is 77.1 Å². The number of ether oxygens (including phenoxy) is 3. The Hall–Kier alpha value is -2.40. The van der Waals surface area contributed by atoms with Gasteiger partial charge in [0.2, 0.25) is 0 Å². The van der Waals surface area contributed by atoms with E-state index in [-0.39, 0.29) is 18.4 Å². The average molecular weight is 580 g/mol. The molecule has 0 spiro atoms. The average Bonchev–Trinajstić information content (AvgIpc) is 3.07. The number of nitrogens with one attached hydrogen (secondary N) is 1. The van der Waals surface area contributed by atoms with E-state index in [1.807, 2.05) is 26.0 Å². The summed E-state index contributed by atoms with van der Waals surface area (Å²) in [5.41, 5.74) is 3.44. The smallest absolute Gasteiger partial charge is 0.266 e.